The van der Waals surface area contributed by atoms with E-state index in [1.54, 1.807) is 0 Å². The third-order valence-corrected chi connectivity index (χ3v) is 5.03. The van der Waals surface area contributed by atoms with Gasteiger partial charge in [0.15, 0.2) is 6.61 Å². The fourth-order valence-electron chi connectivity index (χ4n) is 2.15. The van der Waals surface area contributed by atoms with E-state index in [1.807, 2.05) is 43.3 Å². The van der Waals surface area contributed by atoms with Crippen molar-refractivity contribution in [2.45, 2.75) is 33.1 Å². The molecule has 1 unspecified atom stereocenters. The largest absolute Gasteiger partial charge is 0.481 e. The predicted octanol–water partition coefficient (Wildman–Crippen LogP) is 6.02. The summed E-state index contributed by atoms with van der Waals surface area (Å²) in [5, 5.41) is 0. The van der Waals surface area contributed by atoms with Gasteiger partial charge in [-0.15, -0.1) is 0 Å². The molecule has 0 radical (unpaired) electrons. The summed E-state index contributed by atoms with van der Waals surface area (Å²) in [6, 6.07) is 11.5. The van der Waals surface area contributed by atoms with E-state index in [0.717, 1.165) is 20.9 Å². The molecule has 0 aromatic heterocycles. The number of hydrogen-bond acceptors (Lipinski definition) is 3. The molecular weight excluding hydrogens is 436 g/mol. The Bertz CT molecular complexity index is 729. The van der Waals surface area contributed by atoms with Gasteiger partial charge in [-0.25, -0.2) is 4.79 Å². The second-order valence-electron chi connectivity index (χ2n) is 5.70. The summed E-state index contributed by atoms with van der Waals surface area (Å²) in [6.07, 6.45) is 1.06. The van der Waals surface area contributed by atoms with Crippen LogP contribution in [0.25, 0.3) is 0 Å². The molecule has 24 heavy (non-hydrogen) atoms. The highest BCUT2D eigenvalue weighted by Gasteiger charge is 2.12. The zero-order valence-electron chi connectivity index (χ0n) is 13.9. The topological polar surface area (TPSA) is 35.5 Å². The number of carbonyl (C=O) groups excluding carboxylic acids is 1. The normalized spacial score (nSPS) is 11.9. The molecule has 128 valence electrons. The smallest absolute Gasteiger partial charge is 0.349 e. The van der Waals surface area contributed by atoms with Gasteiger partial charge in [0.2, 0.25) is 0 Å². The van der Waals surface area contributed by atoms with E-state index in [2.05, 4.69) is 45.7 Å². The van der Waals surface area contributed by atoms with Crippen LogP contribution in [0.2, 0.25) is 0 Å². The van der Waals surface area contributed by atoms with Crippen molar-refractivity contribution >= 4 is 37.8 Å². The van der Waals surface area contributed by atoms with E-state index >= 15 is 0 Å². The number of hydrogen-bond donors (Lipinski definition) is 0. The summed E-state index contributed by atoms with van der Waals surface area (Å²) in [5.74, 6) is 1.13. The molecule has 2 rings (SSSR count). The van der Waals surface area contributed by atoms with Crippen molar-refractivity contribution in [1.82, 2.24) is 0 Å². The maximum absolute atomic E-state index is 12.0. The van der Waals surface area contributed by atoms with Gasteiger partial charge in [0.05, 0.1) is 8.95 Å². The highest BCUT2D eigenvalue weighted by Crippen LogP contribution is 2.30. The predicted molar refractivity (Wildman–Crippen MR) is 103 cm³/mol. The van der Waals surface area contributed by atoms with Gasteiger partial charge in [-0.1, -0.05) is 26.0 Å². The highest BCUT2D eigenvalue weighted by molar-refractivity contribution is 9.10. The summed E-state index contributed by atoms with van der Waals surface area (Å²) in [7, 11) is 0. The van der Waals surface area contributed by atoms with Crippen molar-refractivity contribution in [2.75, 3.05) is 6.61 Å². The molecule has 0 aliphatic carbocycles. The molecule has 0 bridgehead atoms. The number of rotatable bonds is 6. The summed E-state index contributed by atoms with van der Waals surface area (Å²) in [6.45, 7) is 6.15. The average Bonchev–Trinajstić information content (AvgIpc) is 2.55. The second-order valence-corrected chi connectivity index (χ2v) is 7.40. The maximum atomic E-state index is 12.0. The third-order valence-electron chi connectivity index (χ3n) is 3.79. The standard InChI is InChI=1S/C19H20Br2O3/c1-4-13(3)14-6-8-18(16(21)10-14)24-19(22)11-23-17-7-5-12(2)9-15(17)20/h5-10,13H,4,11H2,1-3H3. The Morgan fingerprint density at radius 2 is 1.75 bits per heavy atom. The van der Waals surface area contributed by atoms with Crippen LogP contribution in [0.15, 0.2) is 45.3 Å². The van der Waals surface area contributed by atoms with Gasteiger partial charge in [0.1, 0.15) is 11.5 Å². The van der Waals surface area contributed by atoms with Crippen molar-refractivity contribution in [1.29, 1.82) is 0 Å². The highest BCUT2D eigenvalue weighted by atomic mass is 79.9. The SMILES string of the molecule is CCC(C)c1ccc(OC(=O)COc2ccc(C)cc2Br)c(Br)c1. The van der Waals surface area contributed by atoms with Gasteiger partial charge in [-0.3, -0.25) is 0 Å². The van der Waals surface area contributed by atoms with Crippen molar-refractivity contribution in [3.05, 3.63) is 56.5 Å². The first-order chi connectivity index (χ1) is 11.4. The van der Waals surface area contributed by atoms with Gasteiger partial charge in [0, 0.05) is 0 Å². The Kier molecular flexibility index (Phi) is 6.87. The lowest BCUT2D eigenvalue weighted by molar-refractivity contribution is -0.136. The number of aryl methyl sites for hydroxylation is 1. The molecular formula is C19H20Br2O3. The zero-order chi connectivity index (χ0) is 17.7. The molecule has 1 atom stereocenters. The number of esters is 1. The Morgan fingerprint density at radius 1 is 1.08 bits per heavy atom. The van der Waals surface area contributed by atoms with E-state index < -0.39 is 5.97 Å². The number of carbonyl (C=O) groups is 1. The van der Waals surface area contributed by atoms with Gasteiger partial charge in [0.25, 0.3) is 0 Å². The van der Waals surface area contributed by atoms with Crippen LogP contribution in [0.3, 0.4) is 0 Å². The van der Waals surface area contributed by atoms with Crippen molar-refractivity contribution in [3.8, 4) is 11.5 Å². The minimum atomic E-state index is -0.445. The Labute approximate surface area is 159 Å². The van der Waals surface area contributed by atoms with Gasteiger partial charge in [-0.05, 0) is 86.5 Å². The van der Waals surface area contributed by atoms with Crippen molar-refractivity contribution < 1.29 is 14.3 Å². The molecule has 0 saturated heterocycles. The Hall–Kier alpha value is -1.33. The number of halogens is 2. The van der Waals surface area contributed by atoms with E-state index in [0.29, 0.717) is 17.4 Å². The fourth-order valence-corrected chi connectivity index (χ4v) is 3.24. The third kappa shape index (κ3) is 5.08. The maximum Gasteiger partial charge on any atom is 0.349 e. The van der Waals surface area contributed by atoms with Gasteiger partial charge in [-0.2, -0.15) is 0 Å². The van der Waals surface area contributed by atoms with Crippen LogP contribution in [-0.2, 0) is 4.79 Å². The van der Waals surface area contributed by atoms with Crippen LogP contribution in [0.5, 0.6) is 11.5 Å². The molecule has 3 nitrogen and oxygen atoms in total. The summed E-state index contributed by atoms with van der Waals surface area (Å²) in [5.41, 5.74) is 2.33. The van der Waals surface area contributed by atoms with Gasteiger partial charge < -0.3 is 9.47 Å². The first-order valence-electron chi connectivity index (χ1n) is 7.79. The zero-order valence-corrected chi connectivity index (χ0v) is 17.1. The van der Waals surface area contributed by atoms with Crippen LogP contribution >= 0.6 is 31.9 Å². The first-order valence-corrected chi connectivity index (χ1v) is 9.38. The summed E-state index contributed by atoms with van der Waals surface area (Å²) < 4.78 is 12.5. The molecule has 0 fully saturated rings. The molecule has 2 aromatic rings. The number of ether oxygens (including phenoxy) is 2. The van der Waals surface area contributed by atoms with Crippen LogP contribution in [-0.4, -0.2) is 12.6 Å². The molecule has 0 aliphatic rings. The van der Waals surface area contributed by atoms with Crippen LogP contribution in [0.1, 0.15) is 37.3 Å². The monoisotopic (exact) mass is 454 g/mol. The first kappa shape index (κ1) is 19.0. The van der Waals surface area contributed by atoms with Gasteiger partial charge >= 0.3 is 5.97 Å². The quantitative estimate of drug-likeness (QED) is 0.394. The Balaban J connectivity index is 1.97. The Morgan fingerprint density at radius 3 is 2.38 bits per heavy atom. The van der Waals surface area contributed by atoms with E-state index in [-0.39, 0.29) is 6.61 Å². The second kappa shape index (κ2) is 8.67. The minimum absolute atomic E-state index is 0.152. The lowest BCUT2D eigenvalue weighted by Gasteiger charge is -2.12. The van der Waals surface area contributed by atoms with E-state index in [4.69, 9.17) is 9.47 Å². The van der Waals surface area contributed by atoms with Crippen LogP contribution < -0.4 is 9.47 Å². The number of benzene rings is 2. The fraction of sp³-hybridized carbons (Fsp3) is 0.316. The minimum Gasteiger partial charge on any atom is -0.481 e. The molecule has 0 amide bonds. The lowest BCUT2D eigenvalue weighted by atomic mass is 9.99. The molecule has 5 heteroatoms. The van der Waals surface area contributed by atoms with Crippen LogP contribution in [0.4, 0.5) is 0 Å². The molecule has 2 aromatic carbocycles. The molecule has 0 spiro atoms. The molecule has 0 aliphatic heterocycles. The molecule has 0 saturated carbocycles. The lowest BCUT2D eigenvalue weighted by Crippen LogP contribution is -2.18. The van der Waals surface area contributed by atoms with Crippen molar-refractivity contribution in [2.24, 2.45) is 0 Å². The summed E-state index contributed by atoms with van der Waals surface area (Å²) in [4.78, 5) is 12.0. The molecule has 0 heterocycles. The van der Waals surface area contributed by atoms with E-state index in [9.17, 15) is 4.79 Å². The summed E-state index contributed by atoms with van der Waals surface area (Å²) >= 11 is 6.88. The van der Waals surface area contributed by atoms with Crippen molar-refractivity contribution in [3.63, 3.8) is 0 Å². The molecule has 0 N–H and O–H groups in total. The van der Waals surface area contributed by atoms with E-state index in [1.165, 1.54) is 5.56 Å². The average molecular weight is 456 g/mol. The van der Waals surface area contributed by atoms with Crippen LogP contribution in [0, 0.1) is 6.92 Å².